The number of ether oxygens (including phenoxy) is 1. The van der Waals surface area contributed by atoms with Crippen molar-refractivity contribution in [1.82, 2.24) is 5.32 Å². The zero-order chi connectivity index (χ0) is 12.8. The standard InChI is InChI=1S/C14H20N2OS/c1-3-17-9-11(2)15-14-16-13(10-18-14)12-7-5-4-6-8-12/h4-8,11,13H,3,9-10H2,1-2H3,(H,15,16). The van der Waals surface area contributed by atoms with E-state index >= 15 is 0 Å². The smallest absolute Gasteiger partial charge is 0.157 e. The average molecular weight is 264 g/mol. The fraction of sp³-hybridized carbons (Fsp3) is 0.500. The third-order valence-electron chi connectivity index (χ3n) is 2.78. The largest absolute Gasteiger partial charge is 0.380 e. The molecule has 0 bridgehead atoms. The van der Waals surface area contributed by atoms with Crippen molar-refractivity contribution in [1.29, 1.82) is 0 Å². The second-order valence-electron chi connectivity index (χ2n) is 4.38. The number of thioether (sulfide) groups is 1. The van der Waals surface area contributed by atoms with E-state index in [1.807, 2.05) is 13.0 Å². The SMILES string of the molecule is CCOCC(C)NC1=NC(c2ccccc2)CS1. The van der Waals surface area contributed by atoms with Crippen LogP contribution < -0.4 is 5.32 Å². The zero-order valence-electron chi connectivity index (χ0n) is 10.9. The number of nitrogens with zero attached hydrogens (tertiary/aromatic N) is 1. The normalized spacial score (nSPS) is 20.6. The Kier molecular flexibility index (Phi) is 5.08. The summed E-state index contributed by atoms with van der Waals surface area (Å²) < 4.78 is 5.39. The number of nitrogens with one attached hydrogen (secondary N) is 1. The van der Waals surface area contributed by atoms with Crippen LogP contribution in [0.4, 0.5) is 0 Å². The number of rotatable bonds is 5. The van der Waals surface area contributed by atoms with Gasteiger partial charge in [-0.2, -0.15) is 0 Å². The molecule has 98 valence electrons. The quantitative estimate of drug-likeness (QED) is 0.888. The molecule has 1 aliphatic rings. The molecule has 0 saturated heterocycles. The molecule has 3 nitrogen and oxygen atoms in total. The van der Waals surface area contributed by atoms with Crippen molar-refractivity contribution in [3.63, 3.8) is 0 Å². The van der Waals surface area contributed by atoms with Crippen LogP contribution in [0.1, 0.15) is 25.5 Å². The van der Waals surface area contributed by atoms with Gasteiger partial charge in [-0.25, -0.2) is 0 Å². The van der Waals surface area contributed by atoms with Crippen LogP contribution in [-0.2, 0) is 4.74 Å². The Morgan fingerprint density at radius 2 is 2.22 bits per heavy atom. The Morgan fingerprint density at radius 3 is 2.94 bits per heavy atom. The zero-order valence-corrected chi connectivity index (χ0v) is 11.7. The Morgan fingerprint density at radius 1 is 1.44 bits per heavy atom. The van der Waals surface area contributed by atoms with Crippen LogP contribution in [0.2, 0.25) is 0 Å². The molecule has 2 atom stereocenters. The molecule has 2 unspecified atom stereocenters. The van der Waals surface area contributed by atoms with Crippen LogP contribution in [0.25, 0.3) is 0 Å². The maximum Gasteiger partial charge on any atom is 0.157 e. The molecule has 0 aromatic heterocycles. The van der Waals surface area contributed by atoms with Gasteiger partial charge >= 0.3 is 0 Å². The molecule has 1 heterocycles. The molecule has 1 aromatic carbocycles. The number of hydrogen-bond acceptors (Lipinski definition) is 4. The van der Waals surface area contributed by atoms with Crippen LogP contribution in [-0.4, -0.2) is 30.2 Å². The van der Waals surface area contributed by atoms with E-state index < -0.39 is 0 Å². The molecule has 0 amide bonds. The third kappa shape index (κ3) is 3.75. The first-order valence-electron chi connectivity index (χ1n) is 6.39. The van der Waals surface area contributed by atoms with Crippen molar-refractivity contribution < 1.29 is 4.74 Å². The summed E-state index contributed by atoms with van der Waals surface area (Å²) in [5.41, 5.74) is 1.29. The monoisotopic (exact) mass is 264 g/mol. The summed E-state index contributed by atoms with van der Waals surface area (Å²) in [4.78, 5) is 4.72. The predicted molar refractivity (Wildman–Crippen MR) is 78.2 cm³/mol. The average Bonchev–Trinajstić information content (AvgIpc) is 2.86. The van der Waals surface area contributed by atoms with E-state index in [9.17, 15) is 0 Å². The molecular formula is C14H20N2OS. The fourth-order valence-electron chi connectivity index (χ4n) is 1.85. The van der Waals surface area contributed by atoms with E-state index in [4.69, 9.17) is 9.73 Å². The van der Waals surface area contributed by atoms with Crippen molar-refractivity contribution in [2.75, 3.05) is 19.0 Å². The minimum Gasteiger partial charge on any atom is -0.380 e. The Balaban J connectivity index is 1.88. The fourth-order valence-corrected chi connectivity index (χ4v) is 2.91. The van der Waals surface area contributed by atoms with Gasteiger partial charge in [0.1, 0.15) is 0 Å². The van der Waals surface area contributed by atoms with Gasteiger partial charge in [-0.15, -0.1) is 0 Å². The summed E-state index contributed by atoms with van der Waals surface area (Å²) in [6.45, 7) is 5.62. The molecule has 0 spiro atoms. The van der Waals surface area contributed by atoms with E-state index in [2.05, 4.69) is 36.5 Å². The van der Waals surface area contributed by atoms with E-state index in [-0.39, 0.29) is 6.04 Å². The van der Waals surface area contributed by atoms with Crippen LogP contribution in [0, 0.1) is 0 Å². The molecule has 0 aliphatic carbocycles. The molecule has 0 radical (unpaired) electrons. The minimum absolute atomic E-state index is 0.290. The van der Waals surface area contributed by atoms with Crippen LogP contribution in [0.15, 0.2) is 35.3 Å². The van der Waals surface area contributed by atoms with Crippen LogP contribution >= 0.6 is 11.8 Å². The highest BCUT2D eigenvalue weighted by atomic mass is 32.2. The number of amidine groups is 1. The van der Waals surface area contributed by atoms with Gasteiger partial charge in [0.05, 0.1) is 12.6 Å². The lowest BCUT2D eigenvalue weighted by Gasteiger charge is -2.13. The molecule has 2 rings (SSSR count). The van der Waals surface area contributed by atoms with Gasteiger partial charge in [-0.05, 0) is 19.4 Å². The summed E-state index contributed by atoms with van der Waals surface area (Å²) in [6, 6.07) is 11.1. The molecule has 0 fully saturated rings. The van der Waals surface area contributed by atoms with Crippen LogP contribution in [0.3, 0.4) is 0 Å². The van der Waals surface area contributed by atoms with E-state index in [0.29, 0.717) is 6.04 Å². The highest BCUT2D eigenvalue weighted by Gasteiger charge is 2.20. The van der Waals surface area contributed by atoms with Gasteiger partial charge in [-0.3, -0.25) is 4.99 Å². The lowest BCUT2D eigenvalue weighted by molar-refractivity contribution is 0.133. The first-order chi connectivity index (χ1) is 8.79. The lowest BCUT2D eigenvalue weighted by atomic mass is 10.1. The van der Waals surface area contributed by atoms with Crippen molar-refractivity contribution in [2.45, 2.75) is 25.9 Å². The van der Waals surface area contributed by atoms with Crippen LogP contribution in [0.5, 0.6) is 0 Å². The first kappa shape index (κ1) is 13.4. The van der Waals surface area contributed by atoms with Gasteiger partial charge < -0.3 is 10.1 Å². The summed E-state index contributed by atoms with van der Waals surface area (Å²) in [5, 5.41) is 4.44. The molecule has 1 N–H and O–H groups in total. The van der Waals surface area contributed by atoms with Crippen molar-refractivity contribution in [2.24, 2.45) is 4.99 Å². The second-order valence-corrected chi connectivity index (χ2v) is 5.39. The van der Waals surface area contributed by atoms with Gasteiger partial charge in [0, 0.05) is 18.4 Å². The van der Waals surface area contributed by atoms with E-state index in [1.165, 1.54) is 5.56 Å². The third-order valence-corrected chi connectivity index (χ3v) is 3.76. The van der Waals surface area contributed by atoms with Crippen molar-refractivity contribution >= 4 is 16.9 Å². The summed E-state index contributed by atoms with van der Waals surface area (Å²) in [6.07, 6.45) is 0. The van der Waals surface area contributed by atoms with Crippen molar-refractivity contribution in [3.8, 4) is 0 Å². The topological polar surface area (TPSA) is 33.6 Å². The first-order valence-corrected chi connectivity index (χ1v) is 7.38. The summed E-state index contributed by atoms with van der Waals surface area (Å²) >= 11 is 1.79. The Bertz CT molecular complexity index is 394. The molecule has 0 saturated carbocycles. The van der Waals surface area contributed by atoms with Gasteiger partial charge in [0.2, 0.25) is 0 Å². The minimum atomic E-state index is 0.290. The Labute approximate surface area is 113 Å². The van der Waals surface area contributed by atoms with E-state index in [0.717, 1.165) is 24.1 Å². The van der Waals surface area contributed by atoms with Gasteiger partial charge in [0.15, 0.2) is 5.17 Å². The number of aliphatic imine (C=N–C) groups is 1. The maximum absolute atomic E-state index is 5.39. The number of benzene rings is 1. The second kappa shape index (κ2) is 6.81. The lowest BCUT2D eigenvalue weighted by Crippen LogP contribution is -2.33. The maximum atomic E-state index is 5.39. The predicted octanol–water partition coefficient (Wildman–Crippen LogP) is 2.85. The molecular weight excluding hydrogens is 244 g/mol. The summed E-state index contributed by atoms with van der Waals surface area (Å²) in [7, 11) is 0. The van der Waals surface area contributed by atoms with Crippen molar-refractivity contribution in [3.05, 3.63) is 35.9 Å². The molecule has 4 heteroatoms. The van der Waals surface area contributed by atoms with Gasteiger partial charge in [-0.1, -0.05) is 42.1 Å². The van der Waals surface area contributed by atoms with E-state index in [1.54, 1.807) is 11.8 Å². The highest BCUT2D eigenvalue weighted by Crippen LogP contribution is 2.29. The molecule has 1 aliphatic heterocycles. The van der Waals surface area contributed by atoms with Gasteiger partial charge in [0.25, 0.3) is 0 Å². The highest BCUT2D eigenvalue weighted by molar-refractivity contribution is 8.14. The Hall–Kier alpha value is -1.00. The molecule has 18 heavy (non-hydrogen) atoms. The molecule has 1 aromatic rings. The summed E-state index contributed by atoms with van der Waals surface area (Å²) in [5.74, 6) is 1.02. The number of hydrogen-bond donors (Lipinski definition) is 1.